The molecule has 1 fully saturated rings. The number of benzene rings is 2. The van der Waals surface area contributed by atoms with Crippen LogP contribution in [0, 0.1) is 5.92 Å². The maximum absolute atomic E-state index is 12.2. The van der Waals surface area contributed by atoms with E-state index in [2.05, 4.69) is 29.3 Å². The molecule has 0 radical (unpaired) electrons. The zero-order valence-corrected chi connectivity index (χ0v) is 14.7. The summed E-state index contributed by atoms with van der Waals surface area (Å²) in [6.45, 7) is 5.67. The van der Waals surface area contributed by atoms with Crippen LogP contribution in [0.3, 0.4) is 0 Å². The highest BCUT2D eigenvalue weighted by atomic mass is 35.5. The van der Waals surface area contributed by atoms with Gasteiger partial charge in [0, 0.05) is 22.8 Å². The number of carbonyl (C=O) groups excluding carboxylic acids is 1. The van der Waals surface area contributed by atoms with Gasteiger partial charge < -0.3 is 5.32 Å². The number of nitrogens with zero attached hydrogens (tertiary/aromatic N) is 1. The number of nitrogens with one attached hydrogen (secondary N) is 1. The minimum atomic E-state index is -0.121. The fourth-order valence-corrected chi connectivity index (χ4v) is 3.10. The Kier molecular flexibility index (Phi) is 5.54. The smallest absolute Gasteiger partial charge is 0.255 e. The van der Waals surface area contributed by atoms with Gasteiger partial charge >= 0.3 is 0 Å². The van der Waals surface area contributed by atoms with Crippen molar-refractivity contribution in [3.63, 3.8) is 0 Å². The standard InChI is InChI=1S/C20H23ClN2O/c1-15-10-12-23(13-11-15)14-16-2-8-19(9-3-16)22-20(24)17-4-6-18(21)7-5-17/h2-9,15H,10-14H2,1H3,(H,22,24). The number of rotatable bonds is 4. The Labute approximate surface area is 148 Å². The highest BCUT2D eigenvalue weighted by Crippen LogP contribution is 2.19. The summed E-state index contributed by atoms with van der Waals surface area (Å²) in [4.78, 5) is 14.7. The molecule has 0 spiro atoms. The van der Waals surface area contributed by atoms with Gasteiger partial charge in [0.25, 0.3) is 5.91 Å². The van der Waals surface area contributed by atoms with E-state index in [0.29, 0.717) is 10.6 Å². The van der Waals surface area contributed by atoms with Gasteiger partial charge in [0.2, 0.25) is 0 Å². The topological polar surface area (TPSA) is 32.3 Å². The quantitative estimate of drug-likeness (QED) is 0.863. The van der Waals surface area contributed by atoms with E-state index in [0.717, 1.165) is 18.2 Å². The second-order valence-electron chi connectivity index (χ2n) is 6.62. The number of hydrogen-bond acceptors (Lipinski definition) is 2. The van der Waals surface area contributed by atoms with E-state index in [9.17, 15) is 4.79 Å². The summed E-state index contributed by atoms with van der Waals surface area (Å²) in [6.07, 6.45) is 2.57. The fraction of sp³-hybridized carbons (Fsp3) is 0.350. The number of halogens is 1. The molecule has 1 heterocycles. The van der Waals surface area contributed by atoms with E-state index in [4.69, 9.17) is 11.6 Å². The Bertz CT molecular complexity index is 674. The fourth-order valence-electron chi connectivity index (χ4n) is 2.98. The second kappa shape index (κ2) is 7.82. The van der Waals surface area contributed by atoms with Crippen LogP contribution in [0.15, 0.2) is 48.5 Å². The molecule has 0 aliphatic carbocycles. The first kappa shape index (κ1) is 17.0. The third kappa shape index (κ3) is 4.59. The predicted octanol–water partition coefficient (Wildman–Crippen LogP) is 4.82. The maximum atomic E-state index is 12.2. The van der Waals surface area contributed by atoms with E-state index in [1.54, 1.807) is 24.3 Å². The van der Waals surface area contributed by atoms with Crippen LogP contribution in [-0.2, 0) is 6.54 Å². The summed E-state index contributed by atoms with van der Waals surface area (Å²) in [5, 5.41) is 3.55. The number of piperidine rings is 1. The lowest BCUT2D eigenvalue weighted by atomic mass is 9.99. The van der Waals surface area contributed by atoms with Gasteiger partial charge in [-0.15, -0.1) is 0 Å². The summed E-state index contributed by atoms with van der Waals surface area (Å²) < 4.78 is 0. The van der Waals surface area contributed by atoms with Gasteiger partial charge in [-0.2, -0.15) is 0 Å². The number of likely N-dealkylation sites (tertiary alicyclic amines) is 1. The van der Waals surface area contributed by atoms with Crippen molar-refractivity contribution in [1.82, 2.24) is 4.90 Å². The highest BCUT2D eigenvalue weighted by molar-refractivity contribution is 6.30. The highest BCUT2D eigenvalue weighted by Gasteiger charge is 2.15. The number of hydrogen-bond donors (Lipinski definition) is 1. The number of amides is 1. The first-order valence-corrected chi connectivity index (χ1v) is 8.86. The summed E-state index contributed by atoms with van der Waals surface area (Å²) in [5.74, 6) is 0.733. The van der Waals surface area contributed by atoms with Gasteiger partial charge in [0.1, 0.15) is 0 Å². The van der Waals surface area contributed by atoms with Gasteiger partial charge in [-0.3, -0.25) is 9.69 Å². The molecular weight excluding hydrogens is 320 g/mol. The van der Waals surface area contributed by atoms with Crippen LogP contribution in [0.25, 0.3) is 0 Å². The van der Waals surface area contributed by atoms with Gasteiger partial charge in [-0.1, -0.05) is 30.7 Å². The Balaban J connectivity index is 1.56. The molecule has 0 saturated carbocycles. The zero-order chi connectivity index (χ0) is 16.9. The van der Waals surface area contributed by atoms with E-state index >= 15 is 0 Å². The van der Waals surface area contributed by atoms with Crippen molar-refractivity contribution >= 4 is 23.2 Å². The van der Waals surface area contributed by atoms with Crippen molar-refractivity contribution in [1.29, 1.82) is 0 Å². The summed E-state index contributed by atoms with van der Waals surface area (Å²) in [5.41, 5.74) is 2.70. The summed E-state index contributed by atoms with van der Waals surface area (Å²) in [7, 11) is 0. The summed E-state index contributed by atoms with van der Waals surface area (Å²) >= 11 is 5.85. The van der Waals surface area contributed by atoms with Crippen LogP contribution in [0.1, 0.15) is 35.7 Å². The van der Waals surface area contributed by atoms with E-state index in [-0.39, 0.29) is 5.91 Å². The lowest BCUT2D eigenvalue weighted by Crippen LogP contribution is -2.32. The molecule has 3 rings (SSSR count). The van der Waals surface area contributed by atoms with E-state index in [1.807, 2.05) is 12.1 Å². The molecule has 1 aliphatic rings. The lowest BCUT2D eigenvalue weighted by Gasteiger charge is -2.30. The Hall–Kier alpha value is -1.84. The van der Waals surface area contributed by atoms with E-state index < -0.39 is 0 Å². The molecule has 0 atom stereocenters. The van der Waals surface area contributed by atoms with Crippen LogP contribution in [0.4, 0.5) is 5.69 Å². The minimum absolute atomic E-state index is 0.121. The third-order valence-corrected chi connectivity index (χ3v) is 4.85. The SMILES string of the molecule is CC1CCN(Cc2ccc(NC(=O)c3ccc(Cl)cc3)cc2)CC1. The number of carbonyl (C=O) groups is 1. The van der Waals surface area contributed by atoms with Crippen LogP contribution >= 0.6 is 11.6 Å². The molecule has 3 nitrogen and oxygen atoms in total. The lowest BCUT2D eigenvalue weighted by molar-refractivity contribution is 0.102. The van der Waals surface area contributed by atoms with Crippen molar-refractivity contribution in [2.75, 3.05) is 18.4 Å². The molecule has 1 N–H and O–H groups in total. The van der Waals surface area contributed by atoms with Crippen LogP contribution in [0.2, 0.25) is 5.02 Å². The number of anilines is 1. The van der Waals surface area contributed by atoms with Gasteiger partial charge in [0.15, 0.2) is 0 Å². The van der Waals surface area contributed by atoms with Crippen molar-refractivity contribution in [2.45, 2.75) is 26.3 Å². The minimum Gasteiger partial charge on any atom is -0.322 e. The van der Waals surface area contributed by atoms with Crippen molar-refractivity contribution in [3.05, 3.63) is 64.7 Å². The van der Waals surface area contributed by atoms with Gasteiger partial charge in [-0.05, 0) is 73.8 Å². The molecule has 2 aromatic carbocycles. The largest absolute Gasteiger partial charge is 0.322 e. The van der Waals surface area contributed by atoms with Crippen LogP contribution < -0.4 is 5.32 Å². The molecule has 1 amide bonds. The van der Waals surface area contributed by atoms with Crippen LogP contribution in [0.5, 0.6) is 0 Å². The molecule has 1 saturated heterocycles. The molecule has 2 aromatic rings. The Morgan fingerprint density at radius 1 is 1.08 bits per heavy atom. The molecular formula is C20H23ClN2O. The molecule has 126 valence electrons. The third-order valence-electron chi connectivity index (χ3n) is 4.60. The zero-order valence-electron chi connectivity index (χ0n) is 14.0. The molecule has 4 heteroatoms. The average molecular weight is 343 g/mol. The van der Waals surface area contributed by atoms with Crippen molar-refractivity contribution < 1.29 is 4.79 Å². The van der Waals surface area contributed by atoms with Crippen molar-refractivity contribution in [3.8, 4) is 0 Å². The Morgan fingerprint density at radius 3 is 2.33 bits per heavy atom. The molecule has 0 unspecified atom stereocenters. The van der Waals surface area contributed by atoms with Crippen molar-refractivity contribution in [2.24, 2.45) is 5.92 Å². The van der Waals surface area contributed by atoms with Crippen LogP contribution in [-0.4, -0.2) is 23.9 Å². The first-order chi connectivity index (χ1) is 11.6. The molecule has 1 aliphatic heterocycles. The molecule has 24 heavy (non-hydrogen) atoms. The predicted molar refractivity (Wildman–Crippen MR) is 99.5 cm³/mol. The first-order valence-electron chi connectivity index (χ1n) is 8.48. The van der Waals surface area contributed by atoms with E-state index in [1.165, 1.54) is 31.5 Å². The molecule has 0 aromatic heterocycles. The van der Waals surface area contributed by atoms with Gasteiger partial charge in [-0.25, -0.2) is 0 Å². The second-order valence-corrected chi connectivity index (χ2v) is 7.05. The normalized spacial score (nSPS) is 16.1. The Morgan fingerprint density at radius 2 is 1.71 bits per heavy atom. The van der Waals surface area contributed by atoms with Gasteiger partial charge in [0.05, 0.1) is 0 Å². The molecule has 0 bridgehead atoms. The summed E-state index contributed by atoms with van der Waals surface area (Å²) in [6, 6.07) is 15.0. The maximum Gasteiger partial charge on any atom is 0.255 e. The monoisotopic (exact) mass is 342 g/mol. The average Bonchev–Trinajstić information content (AvgIpc) is 2.59.